The number of hydrogen-bond donors (Lipinski definition) is 3. The molecule has 0 saturated carbocycles. The van der Waals surface area contributed by atoms with E-state index in [0.29, 0.717) is 17.8 Å². The van der Waals surface area contributed by atoms with Gasteiger partial charge >= 0.3 is 0 Å². The van der Waals surface area contributed by atoms with Crippen LogP contribution < -0.4 is 4.72 Å². The Hall–Kier alpha value is -0.920. The van der Waals surface area contributed by atoms with Crippen LogP contribution in [0.15, 0.2) is 4.90 Å². The van der Waals surface area contributed by atoms with Gasteiger partial charge in [0.1, 0.15) is 4.90 Å². The molecule has 0 aliphatic heterocycles. The summed E-state index contributed by atoms with van der Waals surface area (Å²) in [5, 5.41) is 15.7. The third-order valence-electron chi connectivity index (χ3n) is 2.38. The van der Waals surface area contributed by atoms with E-state index in [1.165, 1.54) is 0 Å². The van der Waals surface area contributed by atoms with E-state index in [4.69, 9.17) is 0 Å². The second-order valence-corrected chi connectivity index (χ2v) is 6.02. The van der Waals surface area contributed by atoms with Crippen molar-refractivity contribution in [1.29, 1.82) is 0 Å². The van der Waals surface area contributed by atoms with Gasteiger partial charge in [-0.15, -0.1) is 0 Å². The Bertz CT molecular complexity index is 459. The molecule has 2 unspecified atom stereocenters. The molecule has 0 aliphatic carbocycles. The minimum atomic E-state index is -3.58. The number of hydrogen-bond acceptors (Lipinski definition) is 4. The predicted octanol–water partition coefficient (Wildman–Crippen LogP) is 0.464. The Labute approximate surface area is 101 Å². The Balaban J connectivity index is 2.90. The van der Waals surface area contributed by atoms with E-state index in [0.717, 1.165) is 0 Å². The van der Waals surface area contributed by atoms with Crippen LogP contribution in [-0.2, 0) is 10.0 Å². The van der Waals surface area contributed by atoms with Crippen LogP contribution >= 0.6 is 0 Å². The minimum Gasteiger partial charge on any atom is -0.393 e. The molecule has 1 aromatic heterocycles. The largest absolute Gasteiger partial charge is 0.393 e. The second kappa shape index (κ2) is 5.16. The Morgan fingerprint density at radius 2 is 2.00 bits per heavy atom. The van der Waals surface area contributed by atoms with E-state index in [2.05, 4.69) is 14.9 Å². The summed E-state index contributed by atoms with van der Waals surface area (Å²) in [6.07, 6.45) is -0.172. The highest BCUT2D eigenvalue weighted by molar-refractivity contribution is 7.89. The van der Waals surface area contributed by atoms with E-state index in [9.17, 15) is 13.5 Å². The molecule has 0 fully saturated rings. The van der Waals surface area contributed by atoms with Crippen LogP contribution in [0.25, 0.3) is 0 Å². The van der Waals surface area contributed by atoms with Crippen molar-refractivity contribution in [2.75, 3.05) is 0 Å². The molecule has 1 rings (SSSR count). The molecule has 0 saturated heterocycles. The van der Waals surface area contributed by atoms with Crippen LogP contribution in [0.2, 0.25) is 0 Å². The lowest BCUT2D eigenvalue weighted by Gasteiger charge is -2.15. The average Bonchev–Trinajstić information content (AvgIpc) is 2.43. The molecule has 0 amide bonds. The topological polar surface area (TPSA) is 95.1 Å². The normalized spacial score (nSPS) is 15.8. The lowest BCUT2D eigenvalue weighted by atomic mass is 10.2. The van der Waals surface area contributed by atoms with E-state index < -0.39 is 16.1 Å². The average molecular weight is 261 g/mol. The van der Waals surface area contributed by atoms with Crippen molar-refractivity contribution in [1.82, 2.24) is 14.9 Å². The molecule has 7 heteroatoms. The third kappa shape index (κ3) is 3.52. The number of H-pyrrole nitrogens is 1. The molecule has 0 aliphatic rings. The molecule has 1 heterocycles. The molecule has 2 atom stereocenters. The fourth-order valence-corrected chi connectivity index (χ4v) is 3.45. The first-order valence-corrected chi connectivity index (χ1v) is 6.94. The van der Waals surface area contributed by atoms with Gasteiger partial charge in [-0.2, -0.15) is 5.10 Å². The van der Waals surface area contributed by atoms with Gasteiger partial charge in [0.2, 0.25) is 10.0 Å². The van der Waals surface area contributed by atoms with Gasteiger partial charge in [0.05, 0.1) is 17.5 Å². The lowest BCUT2D eigenvalue weighted by Crippen LogP contribution is -2.35. The molecule has 17 heavy (non-hydrogen) atoms. The van der Waals surface area contributed by atoms with E-state index in [1.807, 2.05) is 0 Å². The maximum atomic E-state index is 12.1. The third-order valence-corrected chi connectivity index (χ3v) is 4.23. The van der Waals surface area contributed by atoms with Gasteiger partial charge in [-0.05, 0) is 34.1 Å². The summed E-state index contributed by atoms with van der Waals surface area (Å²) in [5.74, 6) is 0. The number of nitrogens with zero attached hydrogens (tertiary/aromatic N) is 1. The highest BCUT2D eigenvalue weighted by Crippen LogP contribution is 2.17. The van der Waals surface area contributed by atoms with Crippen molar-refractivity contribution in [2.24, 2.45) is 0 Å². The Kier molecular flexibility index (Phi) is 4.29. The Morgan fingerprint density at radius 1 is 1.41 bits per heavy atom. The summed E-state index contributed by atoms with van der Waals surface area (Å²) in [5.41, 5.74) is 0.957. The molecule has 0 aromatic carbocycles. The summed E-state index contributed by atoms with van der Waals surface area (Å²) in [6, 6.07) is -0.325. The maximum Gasteiger partial charge on any atom is 0.244 e. The van der Waals surface area contributed by atoms with Gasteiger partial charge in [0, 0.05) is 6.04 Å². The number of aliphatic hydroxyl groups is 1. The molecular formula is C10H19N3O3S. The van der Waals surface area contributed by atoms with Gasteiger partial charge < -0.3 is 5.11 Å². The van der Waals surface area contributed by atoms with E-state index >= 15 is 0 Å². The highest BCUT2D eigenvalue weighted by atomic mass is 32.2. The van der Waals surface area contributed by atoms with Crippen LogP contribution in [0.4, 0.5) is 0 Å². The molecular weight excluding hydrogens is 242 g/mol. The van der Waals surface area contributed by atoms with Crippen molar-refractivity contribution >= 4 is 10.0 Å². The number of aromatic nitrogens is 2. The van der Waals surface area contributed by atoms with E-state index in [1.54, 1.807) is 27.7 Å². The second-order valence-electron chi connectivity index (χ2n) is 4.37. The van der Waals surface area contributed by atoms with Crippen molar-refractivity contribution in [2.45, 2.75) is 51.2 Å². The number of sulfonamides is 1. The van der Waals surface area contributed by atoms with Crippen molar-refractivity contribution < 1.29 is 13.5 Å². The molecule has 3 N–H and O–H groups in total. The van der Waals surface area contributed by atoms with Gasteiger partial charge in [0.25, 0.3) is 0 Å². The quantitative estimate of drug-likeness (QED) is 0.717. The highest BCUT2D eigenvalue weighted by Gasteiger charge is 2.24. The Morgan fingerprint density at radius 3 is 2.41 bits per heavy atom. The monoisotopic (exact) mass is 261 g/mol. The van der Waals surface area contributed by atoms with Gasteiger partial charge in [-0.25, -0.2) is 13.1 Å². The molecule has 1 aromatic rings. The smallest absolute Gasteiger partial charge is 0.244 e. The van der Waals surface area contributed by atoms with Crippen LogP contribution in [0, 0.1) is 13.8 Å². The standard InChI is InChI=1S/C10H19N3O3S/c1-6(5-7(2)14)13-17(15,16)10-8(3)11-12-9(10)4/h6-7,13-14H,5H2,1-4H3,(H,11,12). The zero-order valence-electron chi connectivity index (χ0n) is 10.5. The SMILES string of the molecule is Cc1n[nH]c(C)c1S(=O)(=O)NC(C)CC(C)O. The molecule has 0 spiro atoms. The fourth-order valence-electron chi connectivity index (χ4n) is 1.82. The predicted molar refractivity (Wildman–Crippen MR) is 64.1 cm³/mol. The van der Waals surface area contributed by atoms with Gasteiger partial charge in [0.15, 0.2) is 0 Å². The fraction of sp³-hybridized carbons (Fsp3) is 0.700. The van der Waals surface area contributed by atoms with Crippen LogP contribution in [-0.4, -0.2) is 35.9 Å². The summed E-state index contributed by atoms with van der Waals surface area (Å²) < 4.78 is 26.7. The number of rotatable bonds is 5. The van der Waals surface area contributed by atoms with Crippen LogP contribution in [0.5, 0.6) is 0 Å². The van der Waals surface area contributed by atoms with Crippen LogP contribution in [0.1, 0.15) is 31.7 Å². The lowest BCUT2D eigenvalue weighted by molar-refractivity contribution is 0.175. The number of aromatic amines is 1. The molecule has 0 radical (unpaired) electrons. The number of aryl methyl sites for hydroxylation is 2. The number of aliphatic hydroxyl groups excluding tert-OH is 1. The van der Waals surface area contributed by atoms with E-state index in [-0.39, 0.29) is 10.9 Å². The zero-order valence-corrected chi connectivity index (χ0v) is 11.3. The molecule has 98 valence electrons. The van der Waals surface area contributed by atoms with Crippen LogP contribution in [0.3, 0.4) is 0 Å². The first kappa shape index (κ1) is 14.1. The first-order valence-electron chi connectivity index (χ1n) is 5.46. The molecule has 6 nitrogen and oxygen atoms in total. The first-order chi connectivity index (χ1) is 7.74. The molecule has 0 bridgehead atoms. The zero-order chi connectivity index (χ0) is 13.2. The van der Waals surface area contributed by atoms with Crippen molar-refractivity contribution in [3.05, 3.63) is 11.4 Å². The van der Waals surface area contributed by atoms with Gasteiger partial charge in [-0.1, -0.05) is 0 Å². The summed E-state index contributed by atoms with van der Waals surface area (Å²) in [6.45, 7) is 6.64. The summed E-state index contributed by atoms with van der Waals surface area (Å²) in [4.78, 5) is 0.190. The van der Waals surface area contributed by atoms with Gasteiger partial charge in [-0.3, -0.25) is 5.10 Å². The van der Waals surface area contributed by atoms with Crippen molar-refractivity contribution in [3.8, 4) is 0 Å². The number of nitrogens with one attached hydrogen (secondary N) is 2. The van der Waals surface area contributed by atoms with Crippen molar-refractivity contribution in [3.63, 3.8) is 0 Å². The maximum absolute atomic E-state index is 12.1. The minimum absolute atomic E-state index is 0.190. The summed E-state index contributed by atoms with van der Waals surface area (Å²) in [7, 11) is -3.58. The summed E-state index contributed by atoms with van der Waals surface area (Å²) >= 11 is 0.